The number of aromatic nitrogens is 2. The lowest BCUT2D eigenvalue weighted by Crippen LogP contribution is -2.13. The Kier molecular flexibility index (Phi) is 4.06. The number of carbonyl (C=O) groups excluding carboxylic acids is 1. The number of nitrogens with zero attached hydrogens (tertiary/aromatic N) is 2. The van der Waals surface area contributed by atoms with Gasteiger partial charge in [0.15, 0.2) is 11.2 Å². The van der Waals surface area contributed by atoms with E-state index in [4.69, 9.17) is 4.42 Å². The molecule has 0 radical (unpaired) electrons. The standard InChI is InChI=1S/C24H17N3O2/c1-15-19(24-27-22-21(29-24)10-5-13-25-22)8-4-9-20(15)26-23(28)18-12-11-16-6-2-3-7-17(16)14-18/h2-14H,1H3,(H,26,28). The van der Waals surface area contributed by atoms with Crippen LogP contribution in [0.3, 0.4) is 0 Å². The van der Waals surface area contributed by atoms with Crippen LogP contribution in [0.4, 0.5) is 5.69 Å². The Bertz CT molecular complexity index is 1340. The van der Waals surface area contributed by atoms with Crippen molar-refractivity contribution in [3.63, 3.8) is 0 Å². The van der Waals surface area contributed by atoms with Gasteiger partial charge >= 0.3 is 0 Å². The lowest BCUT2D eigenvalue weighted by Gasteiger charge is -2.11. The number of oxazole rings is 1. The molecule has 0 unspecified atom stereocenters. The first kappa shape index (κ1) is 17.1. The van der Waals surface area contributed by atoms with Crippen molar-refractivity contribution in [1.29, 1.82) is 0 Å². The molecule has 0 aliphatic carbocycles. The Morgan fingerprint density at radius 3 is 2.66 bits per heavy atom. The van der Waals surface area contributed by atoms with Gasteiger partial charge in [0.1, 0.15) is 0 Å². The molecule has 0 atom stereocenters. The Hall–Kier alpha value is -3.99. The first-order valence-electron chi connectivity index (χ1n) is 9.31. The maximum absolute atomic E-state index is 12.8. The number of amides is 1. The Morgan fingerprint density at radius 2 is 1.79 bits per heavy atom. The second kappa shape index (κ2) is 6.87. The Morgan fingerprint density at radius 1 is 0.931 bits per heavy atom. The van der Waals surface area contributed by atoms with Crippen LogP contribution in [-0.2, 0) is 0 Å². The summed E-state index contributed by atoms with van der Waals surface area (Å²) in [7, 11) is 0. The van der Waals surface area contributed by atoms with E-state index in [1.54, 1.807) is 6.20 Å². The Balaban J connectivity index is 1.48. The number of hydrogen-bond donors (Lipinski definition) is 1. The Labute approximate surface area is 167 Å². The normalized spacial score (nSPS) is 11.1. The number of carbonyl (C=O) groups is 1. The van der Waals surface area contributed by atoms with Crippen LogP contribution in [0.25, 0.3) is 33.5 Å². The highest BCUT2D eigenvalue weighted by molar-refractivity contribution is 6.07. The monoisotopic (exact) mass is 379 g/mol. The molecule has 0 spiro atoms. The van der Waals surface area contributed by atoms with Gasteiger partial charge in [-0.3, -0.25) is 4.79 Å². The molecule has 0 aliphatic heterocycles. The number of hydrogen-bond acceptors (Lipinski definition) is 4. The SMILES string of the molecule is Cc1c(NC(=O)c2ccc3ccccc3c2)cccc1-c1nc2ncccc2o1. The van der Waals surface area contributed by atoms with E-state index in [-0.39, 0.29) is 5.91 Å². The fourth-order valence-electron chi connectivity index (χ4n) is 3.41. The molecule has 1 amide bonds. The highest BCUT2D eigenvalue weighted by atomic mass is 16.3. The predicted octanol–water partition coefficient (Wildman–Crippen LogP) is 5.60. The molecule has 3 aromatic carbocycles. The molecule has 0 fully saturated rings. The van der Waals surface area contributed by atoms with Crippen LogP contribution in [0, 0.1) is 6.92 Å². The zero-order valence-corrected chi connectivity index (χ0v) is 15.7. The molecule has 2 aromatic heterocycles. The smallest absolute Gasteiger partial charge is 0.255 e. The van der Waals surface area contributed by atoms with Gasteiger partial charge in [0.05, 0.1) is 0 Å². The molecule has 0 saturated carbocycles. The van der Waals surface area contributed by atoms with E-state index >= 15 is 0 Å². The number of benzene rings is 3. The van der Waals surface area contributed by atoms with E-state index in [0.29, 0.717) is 22.7 Å². The molecule has 140 valence electrons. The zero-order chi connectivity index (χ0) is 19.8. The summed E-state index contributed by atoms with van der Waals surface area (Å²) in [6, 6.07) is 23.0. The summed E-state index contributed by atoms with van der Waals surface area (Å²) in [4.78, 5) is 21.5. The minimum absolute atomic E-state index is 0.157. The predicted molar refractivity (Wildman–Crippen MR) is 114 cm³/mol. The molecule has 5 nitrogen and oxygen atoms in total. The number of anilines is 1. The molecular weight excluding hydrogens is 362 g/mol. The fourth-order valence-corrected chi connectivity index (χ4v) is 3.41. The van der Waals surface area contributed by atoms with E-state index < -0.39 is 0 Å². The average Bonchev–Trinajstić information content (AvgIpc) is 3.19. The van der Waals surface area contributed by atoms with Crippen LogP contribution in [0.2, 0.25) is 0 Å². The highest BCUT2D eigenvalue weighted by Crippen LogP contribution is 2.30. The van der Waals surface area contributed by atoms with Crippen molar-refractivity contribution in [3.05, 3.63) is 90.1 Å². The van der Waals surface area contributed by atoms with Gasteiger partial charge in [0.2, 0.25) is 5.89 Å². The van der Waals surface area contributed by atoms with Gasteiger partial charge in [0, 0.05) is 23.0 Å². The van der Waals surface area contributed by atoms with Gasteiger partial charge in [0.25, 0.3) is 5.91 Å². The first-order valence-corrected chi connectivity index (χ1v) is 9.31. The minimum atomic E-state index is -0.157. The van der Waals surface area contributed by atoms with Crippen LogP contribution < -0.4 is 5.32 Å². The van der Waals surface area contributed by atoms with Crippen LogP contribution in [0.5, 0.6) is 0 Å². The molecule has 1 N–H and O–H groups in total. The van der Waals surface area contributed by atoms with Crippen molar-refractivity contribution >= 4 is 33.6 Å². The maximum atomic E-state index is 12.8. The average molecular weight is 379 g/mol. The zero-order valence-electron chi connectivity index (χ0n) is 15.7. The molecule has 29 heavy (non-hydrogen) atoms. The number of fused-ring (bicyclic) bond motifs is 2. The summed E-state index contributed by atoms with van der Waals surface area (Å²) in [5, 5.41) is 5.15. The lowest BCUT2D eigenvalue weighted by molar-refractivity contribution is 0.102. The van der Waals surface area contributed by atoms with Crippen LogP contribution >= 0.6 is 0 Å². The molecule has 5 aromatic rings. The van der Waals surface area contributed by atoms with Crippen LogP contribution in [0.15, 0.2) is 83.4 Å². The molecule has 2 heterocycles. The summed E-state index contributed by atoms with van der Waals surface area (Å²) < 4.78 is 5.84. The topological polar surface area (TPSA) is 68.0 Å². The number of pyridine rings is 1. The van der Waals surface area contributed by atoms with Gasteiger partial charge < -0.3 is 9.73 Å². The van der Waals surface area contributed by atoms with Gasteiger partial charge in [-0.05, 0) is 59.7 Å². The largest absolute Gasteiger partial charge is 0.434 e. The summed E-state index contributed by atoms with van der Waals surface area (Å²) in [5.74, 6) is 0.327. The third-order valence-electron chi connectivity index (χ3n) is 4.99. The van der Waals surface area contributed by atoms with E-state index in [1.165, 1.54) is 0 Å². The molecular formula is C24H17N3O2. The van der Waals surface area contributed by atoms with Crippen molar-refractivity contribution in [2.24, 2.45) is 0 Å². The highest BCUT2D eigenvalue weighted by Gasteiger charge is 2.15. The lowest BCUT2D eigenvalue weighted by atomic mass is 10.0. The van der Waals surface area contributed by atoms with E-state index in [0.717, 1.165) is 27.6 Å². The number of nitrogens with one attached hydrogen (secondary N) is 1. The molecule has 5 rings (SSSR count). The van der Waals surface area contributed by atoms with Gasteiger partial charge in [-0.1, -0.05) is 36.4 Å². The third-order valence-corrected chi connectivity index (χ3v) is 4.99. The minimum Gasteiger partial charge on any atom is -0.434 e. The second-order valence-electron chi connectivity index (χ2n) is 6.84. The van der Waals surface area contributed by atoms with E-state index in [1.807, 2.05) is 79.7 Å². The van der Waals surface area contributed by atoms with E-state index in [2.05, 4.69) is 15.3 Å². The summed E-state index contributed by atoms with van der Waals surface area (Å²) >= 11 is 0. The van der Waals surface area contributed by atoms with Crippen molar-refractivity contribution in [2.75, 3.05) is 5.32 Å². The molecule has 5 heteroatoms. The van der Waals surface area contributed by atoms with Crippen molar-refractivity contribution in [1.82, 2.24) is 9.97 Å². The molecule has 0 saturated heterocycles. The summed E-state index contributed by atoms with van der Waals surface area (Å²) in [5.41, 5.74) is 4.22. The second-order valence-corrected chi connectivity index (χ2v) is 6.84. The first-order chi connectivity index (χ1) is 14.2. The number of rotatable bonds is 3. The van der Waals surface area contributed by atoms with Crippen LogP contribution in [-0.4, -0.2) is 15.9 Å². The summed E-state index contributed by atoms with van der Waals surface area (Å²) in [6.45, 7) is 1.94. The van der Waals surface area contributed by atoms with Crippen LogP contribution in [0.1, 0.15) is 15.9 Å². The van der Waals surface area contributed by atoms with E-state index in [9.17, 15) is 4.79 Å². The van der Waals surface area contributed by atoms with Crippen molar-refractivity contribution in [2.45, 2.75) is 6.92 Å². The fraction of sp³-hybridized carbons (Fsp3) is 0.0417. The van der Waals surface area contributed by atoms with Gasteiger partial charge in [-0.2, -0.15) is 4.98 Å². The quantitative estimate of drug-likeness (QED) is 0.443. The maximum Gasteiger partial charge on any atom is 0.255 e. The van der Waals surface area contributed by atoms with Gasteiger partial charge in [-0.25, -0.2) is 4.98 Å². The molecule has 0 bridgehead atoms. The van der Waals surface area contributed by atoms with Gasteiger partial charge in [-0.15, -0.1) is 0 Å². The third kappa shape index (κ3) is 3.12. The van der Waals surface area contributed by atoms with Crippen molar-refractivity contribution < 1.29 is 9.21 Å². The van der Waals surface area contributed by atoms with Crippen molar-refractivity contribution in [3.8, 4) is 11.5 Å². The molecule has 0 aliphatic rings. The summed E-state index contributed by atoms with van der Waals surface area (Å²) in [6.07, 6.45) is 1.68.